The Labute approximate surface area is 82.4 Å². The highest BCUT2D eigenvalue weighted by Gasteiger charge is 2.33. The van der Waals surface area contributed by atoms with Crippen molar-refractivity contribution in [2.45, 2.75) is 39.5 Å². The van der Waals surface area contributed by atoms with E-state index in [1.165, 1.54) is 19.3 Å². The van der Waals surface area contributed by atoms with E-state index in [2.05, 4.69) is 26.5 Å². The van der Waals surface area contributed by atoms with E-state index < -0.39 is 0 Å². The van der Waals surface area contributed by atoms with Gasteiger partial charge in [-0.25, -0.2) is 0 Å². The highest BCUT2D eigenvalue weighted by atomic mass is 14.6. The van der Waals surface area contributed by atoms with Crippen molar-refractivity contribution in [2.75, 3.05) is 6.54 Å². The molecule has 1 heteroatoms. The molecule has 0 aromatic heterocycles. The molecule has 0 aromatic rings. The fraction of sp³-hybridized carbons (Fsp3) is 0.833. The van der Waals surface area contributed by atoms with Crippen LogP contribution >= 0.6 is 0 Å². The van der Waals surface area contributed by atoms with Gasteiger partial charge in [0.2, 0.25) is 0 Å². The zero-order valence-corrected chi connectivity index (χ0v) is 9.05. The maximum atomic E-state index is 5.78. The number of nitrogens with two attached hydrogens (primary N) is 1. The van der Waals surface area contributed by atoms with Gasteiger partial charge in [0.1, 0.15) is 0 Å². The van der Waals surface area contributed by atoms with Gasteiger partial charge in [-0.15, -0.1) is 6.58 Å². The van der Waals surface area contributed by atoms with Crippen molar-refractivity contribution < 1.29 is 0 Å². The Morgan fingerprint density at radius 1 is 1.46 bits per heavy atom. The minimum atomic E-state index is 0.527. The van der Waals surface area contributed by atoms with Crippen molar-refractivity contribution in [3.8, 4) is 0 Å². The largest absolute Gasteiger partial charge is 0.330 e. The van der Waals surface area contributed by atoms with E-state index >= 15 is 0 Å². The summed E-state index contributed by atoms with van der Waals surface area (Å²) in [6.45, 7) is 9.43. The van der Waals surface area contributed by atoms with E-state index in [0.717, 1.165) is 24.8 Å². The highest BCUT2D eigenvalue weighted by molar-refractivity contribution is 4.88. The summed E-state index contributed by atoms with van der Waals surface area (Å²) in [5, 5.41) is 0. The Balaban J connectivity index is 2.57. The molecule has 0 heterocycles. The van der Waals surface area contributed by atoms with E-state index in [9.17, 15) is 0 Å². The quantitative estimate of drug-likeness (QED) is 0.666. The van der Waals surface area contributed by atoms with Crippen LogP contribution in [0.15, 0.2) is 12.7 Å². The van der Waals surface area contributed by atoms with E-state index in [-0.39, 0.29) is 0 Å². The van der Waals surface area contributed by atoms with Crippen molar-refractivity contribution >= 4 is 0 Å². The van der Waals surface area contributed by atoms with Crippen LogP contribution in [0, 0.1) is 17.3 Å². The predicted octanol–water partition coefficient (Wildman–Crippen LogP) is 2.96. The van der Waals surface area contributed by atoms with Crippen molar-refractivity contribution in [1.29, 1.82) is 0 Å². The van der Waals surface area contributed by atoms with E-state index in [1.54, 1.807) is 0 Å². The summed E-state index contributed by atoms with van der Waals surface area (Å²) >= 11 is 0. The van der Waals surface area contributed by atoms with Crippen LogP contribution in [0.1, 0.15) is 39.5 Å². The molecule has 1 fully saturated rings. The number of rotatable bonds is 3. The van der Waals surface area contributed by atoms with Crippen molar-refractivity contribution in [1.82, 2.24) is 0 Å². The lowest BCUT2D eigenvalue weighted by Crippen LogP contribution is -2.33. The molecule has 0 radical (unpaired) electrons. The topological polar surface area (TPSA) is 26.0 Å². The average Bonchev–Trinajstić information content (AvgIpc) is 2.04. The van der Waals surface area contributed by atoms with Gasteiger partial charge < -0.3 is 5.73 Å². The molecule has 1 rings (SSSR count). The first-order valence-corrected chi connectivity index (χ1v) is 5.40. The third kappa shape index (κ3) is 2.84. The third-order valence-corrected chi connectivity index (χ3v) is 3.45. The lowest BCUT2D eigenvalue weighted by molar-refractivity contribution is 0.123. The fourth-order valence-corrected chi connectivity index (χ4v) is 2.59. The summed E-state index contributed by atoms with van der Waals surface area (Å²) in [7, 11) is 0. The summed E-state index contributed by atoms with van der Waals surface area (Å²) in [5.74, 6) is 1.53. The molecule has 2 unspecified atom stereocenters. The van der Waals surface area contributed by atoms with Gasteiger partial charge in [0.15, 0.2) is 0 Å². The molecule has 1 nitrogen and oxygen atoms in total. The SMILES string of the molecule is C=CCC1CC(C)(C)CCC1CN. The average molecular weight is 181 g/mol. The molecule has 76 valence electrons. The Hall–Kier alpha value is -0.300. The Kier molecular flexibility index (Phi) is 3.55. The van der Waals surface area contributed by atoms with Gasteiger partial charge in [-0.1, -0.05) is 19.9 Å². The van der Waals surface area contributed by atoms with Gasteiger partial charge in [0, 0.05) is 0 Å². The van der Waals surface area contributed by atoms with Gasteiger partial charge >= 0.3 is 0 Å². The fourth-order valence-electron chi connectivity index (χ4n) is 2.59. The summed E-state index contributed by atoms with van der Waals surface area (Å²) in [5.41, 5.74) is 6.31. The molecule has 13 heavy (non-hydrogen) atoms. The summed E-state index contributed by atoms with van der Waals surface area (Å²) in [6, 6.07) is 0. The first kappa shape index (κ1) is 10.8. The summed E-state index contributed by atoms with van der Waals surface area (Å²) in [6.07, 6.45) is 7.16. The lowest BCUT2D eigenvalue weighted by atomic mass is 9.66. The van der Waals surface area contributed by atoms with Crippen LogP contribution in [-0.2, 0) is 0 Å². The monoisotopic (exact) mass is 181 g/mol. The van der Waals surface area contributed by atoms with Gasteiger partial charge in [0.05, 0.1) is 0 Å². The zero-order valence-electron chi connectivity index (χ0n) is 9.05. The van der Waals surface area contributed by atoms with Crippen LogP contribution in [0.5, 0.6) is 0 Å². The first-order valence-electron chi connectivity index (χ1n) is 5.40. The highest BCUT2D eigenvalue weighted by Crippen LogP contribution is 2.42. The molecule has 0 aromatic carbocycles. The Morgan fingerprint density at radius 3 is 2.69 bits per heavy atom. The molecule has 1 aliphatic rings. The first-order chi connectivity index (χ1) is 6.09. The Bertz CT molecular complexity index is 172. The molecule has 1 aliphatic carbocycles. The normalized spacial score (nSPS) is 32.8. The Morgan fingerprint density at radius 2 is 2.15 bits per heavy atom. The van der Waals surface area contributed by atoms with Crippen LogP contribution in [0.25, 0.3) is 0 Å². The number of hydrogen-bond donors (Lipinski definition) is 1. The van der Waals surface area contributed by atoms with Gasteiger partial charge in [0.25, 0.3) is 0 Å². The molecule has 2 N–H and O–H groups in total. The molecule has 0 saturated heterocycles. The van der Waals surface area contributed by atoms with Crippen molar-refractivity contribution in [2.24, 2.45) is 23.0 Å². The zero-order chi connectivity index (χ0) is 9.90. The smallest absolute Gasteiger partial charge is 0.00461 e. The second-order valence-electron chi connectivity index (χ2n) is 5.19. The van der Waals surface area contributed by atoms with Crippen LogP contribution in [0.4, 0.5) is 0 Å². The molecule has 1 saturated carbocycles. The third-order valence-electron chi connectivity index (χ3n) is 3.45. The van der Waals surface area contributed by atoms with E-state index in [1.807, 2.05) is 0 Å². The second kappa shape index (κ2) is 4.28. The minimum Gasteiger partial charge on any atom is -0.330 e. The van der Waals surface area contributed by atoms with Crippen molar-refractivity contribution in [3.05, 3.63) is 12.7 Å². The molecule has 0 bridgehead atoms. The summed E-state index contributed by atoms with van der Waals surface area (Å²) in [4.78, 5) is 0. The van der Waals surface area contributed by atoms with Crippen LogP contribution in [0.2, 0.25) is 0 Å². The molecule has 0 amide bonds. The predicted molar refractivity (Wildman–Crippen MR) is 58.5 cm³/mol. The number of hydrogen-bond acceptors (Lipinski definition) is 1. The number of allylic oxidation sites excluding steroid dienone is 1. The van der Waals surface area contributed by atoms with Crippen LogP contribution in [0.3, 0.4) is 0 Å². The van der Waals surface area contributed by atoms with Crippen LogP contribution < -0.4 is 5.73 Å². The van der Waals surface area contributed by atoms with Crippen molar-refractivity contribution in [3.63, 3.8) is 0 Å². The minimum absolute atomic E-state index is 0.527. The maximum absolute atomic E-state index is 5.78. The molecular formula is C12H23N. The van der Waals surface area contributed by atoms with Crippen LogP contribution in [-0.4, -0.2) is 6.54 Å². The lowest BCUT2D eigenvalue weighted by Gasteiger charge is -2.40. The molecular weight excluding hydrogens is 158 g/mol. The molecule has 0 spiro atoms. The van der Waals surface area contributed by atoms with E-state index in [4.69, 9.17) is 5.73 Å². The second-order valence-corrected chi connectivity index (χ2v) is 5.19. The summed E-state index contributed by atoms with van der Waals surface area (Å²) < 4.78 is 0. The molecule has 2 atom stereocenters. The van der Waals surface area contributed by atoms with Gasteiger partial charge in [-0.3, -0.25) is 0 Å². The maximum Gasteiger partial charge on any atom is -0.00461 e. The van der Waals surface area contributed by atoms with E-state index in [0.29, 0.717) is 5.41 Å². The van der Waals surface area contributed by atoms with Gasteiger partial charge in [-0.05, 0) is 49.5 Å². The standard InChI is InChI=1S/C12H23N/c1-4-5-10-8-12(2,3)7-6-11(10)9-13/h4,10-11H,1,5-9,13H2,2-3H3. The van der Waals surface area contributed by atoms with Gasteiger partial charge in [-0.2, -0.15) is 0 Å². The molecule has 0 aliphatic heterocycles.